The van der Waals surface area contributed by atoms with E-state index in [1.54, 1.807) is 24.7 Å². The van der Waals surface area contributed by atoms with Crippen LogP contribution in [0.15, 0.2) is 95.9 Å². The van der Waals surface area contributed by atoms with Gasteiger partial charge in [0, 0.05) is 42.2 Å². The van der Waals surface area contributed by atoms with Gasteiger partial charge in [0.15, 0.2) is 0 Å². The van der Waals surface area contributed by atoms with Crippen molar-refractivity contribution in [3.63, 3.8) is 0 Å². The molecule has 1 N–H and O–H groups in total. The van der Waals surface area contributed by atoms with Gasteiger partial charge < -0.3 is 14.3 Å². The van der Waals surface area contributed by atoms with Crippen molar-refractivity contribution in [2.75, 3.05) is 0 Å². The van der Waals surface area contributed by atoms with Crippen molar-refractivity contribution in [1.29, 1.82) is 0 Å². The molecule has 168 valence electrons. The van der Waals surface area contributed by atoms with Crippen LogP contribution in [0.5, 0.6) is 0 Å². The van der Waals surface area contributed by atoms with Crippen LogP contribution in [-0.4, -0.2) is 25.7 Å². The molecule has 2 aromatic heterocycles. The fourth-order valence-electron chi connectivity index (χ4n) is 3.55. The summed E-state index contributed by atoms with van der Waals surface area (Å²) in [5.41, 5.74) is 5.58. The lowest BCUT2D eigenvalue weighted by molar-refractivity contribution is 0.0951. The molecular weight excluding hydrogens is 426 g/mol. The van der Waals surface area contributed by atoms with Crippen LogP contribution in [-0.2, 0) is 13.1 Å². The van der Waals surface area contributed by atoms with Crippen LogP contribution in [0.4, 0.5) is 0 Å². The van der Waals surface area contributed by atoms with Crippen molar-refractivity contribution in [3.05, 3.63) is 114 Å². The Labute approximate surface area is 197 Å². The van der Waals surface area contributed by atoms with Gasteiger partial charge in [0.05, 0.1) is 6.33 Å². The Morgan fingerprint density at radius 1 is 0.853 bits per heavy atom. The van der Waals surface area contributed by atoms with Gasteiger partial charge in [-0.2, -0.15) is 0 Å². The topological polar surface area (TPSA) is 85.8 Å². The molecule has 34 heavy (non-hydrogen) atoms. The van der Waals surface area contributed by atoms with Crippen molar-refractivity contribution in [2.24, 2.45) is 0 Å². The monoisotopic (exact) mass is 449 g/mol. The van der Waals surface area contributed by atoms with Gasteiger partial charge in [-0.25, -0.2) is 4.98 Å². The summed E-state index contributed by atoms with van der Waals surface area (Å²) < 4.78 is 7.83. The molecule has 5 aromatic rings. The Morgan fingerprint density at radius 2 is 1.47 bits per heavy atom. The van der Waals surface area contributed by atoms with E-state index in [-0.39, 0.29) is 5.91 Å². The number of amides is 1. The minimum absolute atomic E-state index is 0.139. The van der Waals surface area contributed by atoms with Gasteiger partial charge in [-0.15, -0.1) is 10.2 Å². The fourth-order valence-corrected chi connectivity index (χ4v) is 3.55. The summed E-state index contributed by atoms with van der Waals surface area (Å²) in [6.45, 7) is 3.25. The van der Waals surface area contributed by atoms with Crippen LogP contribution in [0.25, 0.3) is 22.9 Å². The maximum absolute atomic E-state index is 12.6. The van der Waals surface area contributed by atoms with Crippen LogP contribution in [0, 0.1) is 6.92 Å². The highest BCUT2D eigenvalue weighted by atomic mass is 16.4. The average Bonchev–Trinajstić information content (AvgIpc) is 3.57. The lowest BCUT2D eigenvalue weighted by Crippen LogP contribution is -2.22. The van der Waals surface area contributed by atoms with Crippen LogP contribution in [0.3, 0.4) is 0 Å². The predicted molar refractivity (Wildman–Crippen MR) is 129 cm³/mol. The van der Waals surface area contributed by atoms with E-state index in [4.69, 9.17) is 4.42 Å². The molecule has 0 spiro atoms. The quantitative estimate of drug-likeness (QED) is 0.382. The zero-order valence-electron chi connectivity index (χ0n) is 18.7. The summed E-state index contributed by atoms with van der Waals surface area (Å²) in [5, 5.41) is 11.2. The number of aromatic nitrogens is 4. The number of imidazole rings is 1. The third-order valence-corrected chi connectivity index (χ3v) is 5.52. The molecule has 0 radical (unpaired) electrons. The molecule has 0 unspecified atom stereocenters. The molecule has 0 atom stereocenters. The molecule has 2 heterocycles. The number of benzene rings is 3. The first-order chi connectivity index (χ1) is 16.6. The highest BCUT2D eigenvalue weighted by Crippen LogP contribution is 2.24. The van der Waals surface area contributed by atoms with Crippen molar-refractivity contribution in [3.8, 4) is 22.9 Å². The summed E-state index contributed by atoms with van der Waals surface area (Å²) in [4.78, 5) is 16.6. The number of carbonyl (C=O) groups excluding carboxylic acids is 1. The molecule has 0 saturated carbocycles. The first kappa shape index (κ1) is 21.3. The Kier molecular flexibility index (Phi) is 5.99. The predicted octanol–water partition coefficient (Wildman–Crippen LogP) is 4.89. The minimum atomic E-state index is -0.139. The molecule has 0 aliphatic carbocycles. The maximum Gasteiger partial charge on any atom is 0.251 e. The molecule has 0 bridgehead atoms. The van der Waals surface area contributed by atoms with Gasteiger partial charge in [0.25, 0.3) is 5.91 Å². The lowest BCUT2D eigenvalue weighted by Gasteiger charge is -2.07. The van der Waals surface area contributed by atoms with Crippen LogP contribution in [0.2, 0.25) is 0 Å². The molecule has 7 nitrogen and oxygen atoms in total. The highest BCUT2D eigenvalue weighted by molar-refractivity contribution is 5.94. The third kappa shape index (κ3) is 4.94. The minimum Gasteiger partial charge on any atom is -0.416 e. The Morgan fingerprint density at radius 3 is 2.09 bits per heavy atom. The van der Waals surface area contributed by atoms with E-state index >= 15 is 0 Å². The Bertz CT molecular complexity index is 1370. The molecule has 7 heteroatoms. The van der Waals surface area contributed by atoms with E-state index in [9.17, 15) is 4.79 Å². The van der Waals surface area contributed by atoms with Gasteiger partial charge in [-0.1, -0.05) is 42.0 Å². The van der Waals surface area contributed by atoms with E-state index < -0.39 is 0 Å². The average molecular weight is 450 g/mol. The molecule has 1 amide bonds. The first-order valence-corrected chi connectivity index (χ1v) is 11.0. The molecule has 0 aliphatic rings. The molecule has 0 saturated heterocycles. The summed E-state index contributed by atoms with van der Waals surface area (Å²) in [7, 11) is 0. The van der Waals surface area contributed by atoms with Crippen molar-refractivity contribution in [2.45, 2.75) is 20.0 Å². The Balaban J connectivity index is 1.18. The van der Waals surface area contributed by atoms with Crippen LogP contribution >= 0.6 is 0 Å². The molecule has 0 fully saturated rings. The molecular formula is C27H23N5O2. The largest absolute Gasteiger partial charge is 0.416 e. The van der Waals surface area contributed by atoms with E-state index in [0.29, 0.717) is 23.9 Å². The standard InChI is InChI=1S/C27H23N5O2/c1-19-2-8-23(9-3-19)26-30-31-27(34-26)24-12-10-22(11-13-24)25(33)29-16-20-4-6-21(7-5-20)17-32-15-14-28-18-32/h2-15,18H,16-17H2,1H3,(H,29,33). The van der Waals surface area contributed by atoms with Crippen molar-refractivity contribution >= 4 is 5.91 Å². The van der Waals surface area contributed by atoms with Crippen LogP contribution < -0.4 is 5.32 Å². The molecule has 0 aliphatic heterocycles. The summed E-state index contributed by atoms with van der Waals surface area (Å²) in [6, 6.07) is 23.2. The number of nitrogens with one attached hydrogen (secondary N) is 1. The first-order valence-electron chi connectivity index (χ1n) is 11.0. The normalized spacial score (nSPS) is 10.9. The number of rotatable bonds is 7. The maximum atomic E-state index is 12.6. The van der Waals surface area contributed by atoms with Gasteiger partial charge in [-0.05, 0) is 54.4 Å². The van der Waals surface area contributed by atoms with Gasteiger partial charge >= 0.3 is 0 Å². The summed E-state index contributed by atoms with van der Waals surface area (Å²) >= 11 is 0. The van der Waals surface area contributed by atoms with Gasteiger partial charge in [0.1, 0.15) is 0 Å². The number of nitrogens with zero attached hydrogens (tertiary/aromatic N) is 4. The lowest BCUT2D eigenvalue weighted by atomic mass is 10.1. The van der Waals surface area contributed by atoms with E-state index in [1.165, 1.54) is 11.1 Å². The smallest absolute Gasteiger partial charge is 0.251 e. The van der Waals surface area contributed by atoms with Gasteiger partial charge in [-0.3, -0.25) is 4.79 Å². The van der Waals surface area contributed by atoms with E-state index in [2.05, 4.69) is 32.6 Å². The molecule has 3 aromatic carbocycles. The SMILES string of the molecule is Cc1ccc(-c2nnc(-c3ccc(C(=O)NCc4ccc(Cn5ccnc5)cc4)cc3)o2)cc1. The Hall–Kier alpha value is -4.52. The molecule has 5 rings (SSSR count). The number of aryl methyl sites for hydroxylation is 1. The number of hydrogen-bond donors (Lipinski definition) is 1. The second-order valence-electron chi connectivity index (χ2n) is 8.09. The van der Waals surface area contributed by atoms with Crippen LogP contribution in [0.1, 0.15) is 27.0 Å². The number of hydrogen-bond acceptors (Lipinski definition) is 5. The second kappa shape index (κ2) is 9.54. The number of carbonyl (C=O) groups is 1. The van der Waals surface area contributed by atoms with E-state index in [0.717, 1.165) is 23.2 Å². The summed E-state index contributed by atoms with van der Waals surface area (Å²) in [6.07, 6.45) is 5.49. The van der Waals surface area contributed by atoms with E-state index in [1.807, 2.05) is 66.2 Å². The summed E-state index contributed by atoms with van der Waals surface area (Å²) in [5.74, 6) is 0.742. The zero-order chi connectivity index (χ0) is 23.3. The van der Waals surface area contributed by atoms with Crippen molar-refractivity contribution in [1.82, 2.24) is 25.1 Å². The second-order valence-corrected chi connectivity index (χ2v) is 8.09. The highest BCUT2D eigenvalue weighted by Gasteiger charge is 2.12. The zero-order valence-corrected chi connectivity index (χ0v) is 18.7. The third-order valence-electron chi connectivity index (χ3n) is 5.52. The fraction of sp³-hybridized carbons (Fsp3) is 0.111. The van der Waals surface area contributed by atoms with Gasteiger partial charge in [0.2, 0.25) is 11.8 Å². The van der Waals surface area contributed by atoms with Crippen molar-refractivity contribution < 1.29 is 9.21 Å².